The number of likely N-dealkylation sites (N-methyl/N-ethyl adjacent to an activating group) is 1. The molecule has 2 rings (SSSR count). The summed E-state index contributed by atoms with van der Waals surface area (Å²) >= 11 is 0. The van der Waals surface area contributed by atoms with Crippen LogP contribution in [0.3, 0.4) is 0 Å². The Balaban J connectivity index is 2.14. The first-order chi connectivity index (χ1) is 9.00. The van der Waals surface area contributed by atoms with Crippen molar-refractivity contribution in [1.29, 1.82) is 0 Å². The minimum Gasteiger partial charge on any atom is -0.347 e. The van der Waals surface area contributed by atoms with E-state index in [1.54, 1.807) is 19.0 Å². The van der Waals surface area contributed by atoms with Crippen LogP contribution in [0, 0.1) is 12.8 Å². The third kappa shape index (κ3) is 3.35. The summed E-state index contributed by atoms with van der Waals surface area (Å²) in [5.74, 6) is 0.817. The second kappa shape index (κ2) is 5.74. The van der Waals surface area contributed by atoms with Gasteiger partial charge in [0, 0.05) is 20.1 Å². The average Bonchev–Trinajstić information content (AvgIpc) is 3.20. The molecule has 0 heterocycles. The van der Waals surface area contributed by atoms with E-state index in [1.165, 1.54) is 24.0 Å². The molecule has 1 saturated carbocycles. The maximum absolute atomic E-state index is 12.0. The Labute approximate surface area is 116 Å². The first-order valence-electron chi connectivity index (χ1n) is 7.03. The molecule has 1 aromatic rings. The van der Waals surface area contributed by atoms with E-state index in [1.807, 2.05) is 6.92 Å². The van der Waals surface area contributed by atoms with Crippen molar-refractivity contribution in [2.45, 2.75) is 38.8 Å². The molecule has 1 aliphatic rings. The summed E-state index contributed by atoms with van der Waals surface area (Å²) in [5.41, 5.74) is 2.64. The van der Waals surface area contributed by atoms with Crippen molar-refractivity contribution in [3.8, 4) is 0 Å². The fraction of sp³-hybridized carbons (Fsp3) is 0.562. The van der Waals surface area contributed by atoms with E-state index in [9.17, 15) is 4.79 Å². The molecule has 3 heteroatoms. The van der Waals surface area contributed by atoms with Crippen molar-refractivity contribution in [3.63, 3.8) is 0 Å². The van der Waals surface area contributed by atoms with Crippen LogP contribution < -0.4 is 5.32 Å². The summed E-state index contributed by atoms with van der Waals surface area (Å²) < 4.78 is 0. The zero-order chi connectivity index (χ0) is 14.0. The first kappa shape index (κ1) is 14.1. The smallest absolute Gasteiger partial charge is 0.238 e. The van der Waals surface area contributed by atoms with Crippen LogP contribution in [-0.2, 0) is 4.79 Å². The molecule has 0 aromatic heterocycles. The number of aryl methyl sites for hydroxylation is 1. The van der Waals surface area contributed by atoms with Gasteiger partial charge in [-0.15, -0.1) is 0 Å². The highest BCUT2D eigenvalue weighted by Crippen LogP contribution is 2.42. The molecule has 1 aromatic carbocycles. The van der Waals surface area contributed by atoms with E-state index < -0.39 is 0 Å². The Morgan fingerprint density at radius 2 is 1.95 bits per heavy atom. The van der Waals surface area contributed by atoms with E-state index in [0.29, 0.717) is 12.0 Å². The number of benzene rings is 1. The SMILES string of the molecule is Cc1ccccc1[C@H](N[C@H](C)C(=O)N(C)C)C1CC1. The Morgan fingerprint density at radius 3 is 2.47 bits per heavy atom. The molecule has 1 amide bonds. The van der Waals surface area contributed by atoms with Gasteiger partial charge in [-0.25, -0.2) is 0 Å². The highest BCUT2D eigenvalue weighted by Gasteiger charge is 2.34. The lowest BCUT2D eigenvalue weighted by Gasteiger charge is -2.26. The molecule has 0 unspecified atom stereocenters. The molecule has 1 fully saturated rings. The van der Waals surface area contributed by atoms with Gasteiger partial charge in [0.2, 0.25) is 5.91 Å². The zero-order valence-corrected chi connectivity index (χ0v) is 12.3. The van der Waals surface area contributed by atoms with Gasteiger partial charge in [-0.05, 0) is 43.7 Å². The number of hydrogen-bond acceptors (Lipinski definition) is 2. The molecule has 2 atom stereocenters. The summed E-state index contributed by atoms with van der Waals surface area (Å²) in [4.78, 5) is 13.7. The minimum absolute atomic E-state index is 0.138. The van der Waals surface area contributed by atoms with Gasteiger partial charge in [-0.3, -0.25) is 10.1 Å². The highest BCUT2D eigenvalue weighted by molar-refractivity contribution is 5.81. The highest BCUT2D eigenvalue weighted by atomic mass is 16.2. The predicted octanol–water partition coefficient (Wildman–Crippen LogP) is 2.51. The molecule has 3 nitrogen and oxygen atoms in total. The van der Waals surface area contributed by atoms with E-state index in [-0.39, 0.29) is 11.9 Å². The van der Waals surface area contributed by atoms with Crippen LogP contribution in [0.1, 0.15) is 36.9 Å². The van der Waals surface area contributed by atoms with Crippen molar-refractivity contribution in [2.24, 2.45) is 5.92 Å². The van der Waals surface area contributed by atoms with Gasteiger partial charge in [0.15, 0.2) is 0 Å². The van der Waals surface area contributed by atoms with Gasteiger partial charge < -0.3 is 4.90 Å². The van der Waals surface area contributed by atoms with Crippen LogP contribution in [0.25, 0.3) is 0 Å². The van der Waals surface area contributed by atoms with Gasteiger partial charge in [-0.2, -0.15) is 0 Å². The number of carbonyl (C=O) groups is 1. The third-order valence-electron chi connectivity index (χ3n) is 3.86. The third-order valence-corrected chi connectivity index (χ3v) is 3.86. The Morgan fingerprint density at radius 1 is 1.32 bits per heavy atom. The van der Waals surface area contributed by atoms with Gasteiger partial charge in [-0.1, -0.05) is 24.3 Å². The van der Waals surface area contributed by atoms with E-state index in [2.05, 4.69) is 36.5 Å². The number of hydrogen-bond donors (Lipinski definition) is 1. The van der Waals surface area contributed by atoms with Crippen molar-refractivity contribution < 1.29 is 4.79 Å². The molecule has 0 radical (unpaired) electrons. The second-order valence-corrected chi connectivity index (χ2v) is 5.79. The fourth-order valence-electron chi connectivity index (χ4n) is 2.57. The zero-order valence-electron chi connectivity index (χ0n) is 12.3. The Bertz CT molecular complexity index is 452. The number of amides is 1. The molecule has 0 aliphatic heterocycles. The van der Waals surface area contributed by atoms with E-state index in [0.717, 1.165) is 0 Å². The molecular weight excluding hydrogens is 236 g/mol. The van der Waals surface area contributed by atoms with Crippen molar-refractivity contribution >= 4 is 5.91 Å². The van der Waals surface area contributed by atoms with Crippen LogP contribution in [0.15, 0.2) is 24.3 Å². The van der Waals surface area contributed by atoms with Gasteiger partial charge in [0.25, 0.3) is 0 Å². The van der Waals surface area contributed by atoms with Crippen molar-refractivity contribution in [1.82, 2.24) is 10.2 Å². The monoisotopic (exact) mass is 260 g/mol. The molecule has 19 heavy (non-hydrogen) atoms. The lowest BCUT2D eigenvalue weighted by Crippen LogP contribution is -2.43. The number of rotatable bonds is 5. The first-order valence-corrected chi connectivity index (χ1v) is 7.03. The normalized spacial score (nSPS) is 17.9. The minimum atomic E-state index is -0.139. The molecule has 0 saturated heterocycles. The van der Waals surface area contributed by atoms with E-state index >= 15 is 0 Å². The summed E-state index contributed by atoms with van der Waals surface area (Å²) in [7, 11) is 3.61. The van der Waals surface area contributed by atoms with Crippen LogP contribution in [0.4, 0.5) is 0 Å². The molecule has 1 aliphatic carbocycles. The fourth-order valence-corrected chi connectivity index (χ4v) is 2.57. The summed E-state index contributed by atoms with van der Waals surface area (Å²) in [6, 6.07) is 8.64. The average molecular weight is 260 g/mol. The van der Waals surface area contributed by atoms with Crippen LogP contribution in [0.2, 0.25) is 0 Å². The van der Waals surface area contributed by atoms with Gasteiger partial charge in [0.05, 0.1) is 6.04 Å². The van der Waals surface area contributed by atoms with Crippen molar-refractivity contribution in [2.75, 3.05) is 14.1 Å². The molecule has 0 spiro atoms. The maximum Gasteiger partial charge on any atom is 0.238 e. The lowest BCUT2D eigenvalue weighted by atomic mass is 9.97. The molecule has 0 bridgehead atoms. The standard InChI is InChI=1S/C16H24N2O/c1-11-7-5-6-8-14(11)15(13-9-10-13)17-12(2)16(19)18(3)4/h5-8,12-13,15,17H,9-10H2,1-4H3/t12-,15-/m1/s1. The quantitative estimate of drug-likeness (QED) is 0.882. The summed E-state index contributed by atoms with van der Waals surface area (Å²) in [5, 5.41) is 3.53. The topological polar surface area (TPSA) is 32.3 Å². The Kier molecular flexibility index (Phi) is 4.25. The largest absolute Gasteiger partial charge is 0.347 e. The summed E-state index contributed by atoms with van der Waals surface area (Å²) in [6.07, 6.45) is 2.52. The van der Waals surface area contributed by atoms with Crippen molar-refractivity contribution in [3.05, 3.63) is 35.4 Å². The predicted molar refractivity (Wildman–Crippen MR) is 77.9 cm³/mol. The molecular formula is C16H24N2O. The number of nitrogens with zero attached hydrogens (tertiary/aromatic N) is 1. The second-order valence-electron chi connectivity index (χ2n) is 5.79. The van der Waals surface area contributed by atoms with Gasteiger partial charge in [0.1, 0.15) is 0 Å². The van der Waals surface area contributed by atoms with Gasteiger partial charge >= 0.3 is 0 Å². The number of nitrogens with one attached hydrogen (secondary N) is 1. The lowest BCUT2D eigenvalue weighted by molar-refractivity contribution is -0.130. The Hall–Kier alpha value is -1.35. The maximum atomic E-state index is 12.0. The van der Waals surface area contributed by atoms with Crippen LogP contribution in [0.5, 0.6) is 0 Å². The molecule has 104 valence electrons. The van der Waals surface area contributed by atoms with E-state index in [4.69, 9.17) is 0 Å². The van der Waals surface area contributed by atoms with Crippen LogP contribution in [-0.4, -0.2) is 30.9 Å². The molecule has 1 N–H and O–H groups in total. The van der Waals surface area contributed by atoms with Crippen LogP contribution >= 0.6 is 0 Å². The summed E-state index contributed by atoms with van der Waals surface area (Å²) in [6.45, 7) is 4.10. The number of carbonyl (C=O) groups excluding carboxylic acids is 1.